The van der Waals surface area contributed by atoms with E-state index in [-0.39, 0.29) is 16.0 Å². The third-order valence-corrected chi connectivity index (χ3v) is 6.76. The fraction of sp³-hybridized carbons (Fsp3) is 0.222. The second kappa shape index (κ2) is 9.56. The van der Waals surface area contributed by atoms with Crippen LogP contribution in [0.15, 0.2) is 54.9 Å². The van der Waals surface area contributed by atoms with Crippen LogP contribution in [-0.4, -0.2) is 27.0 Å². The van der Waals surface area contributed by atoms with Gasteiger partial charge in [0.1, 0.15) is 5.56 Å². The number of nitrogens with two attached hydrogens (primary N) is 1. The second-order valence-corrected chi connectivity index (χ2v) is 10.5. The lowest BCUT2D eigenvalue weighted by molar-refractivity contribution is -0.119. The molecule has 36 heavy (non-hydrogen) atoms. The van der Waals surface area contributed by atoms with Crippen LogP contribution < -0.4 is 5.73 Å². The van der Waals surface area contributed by atoms with Crippen molar-refractivity contribution in [3.63, 3.8) is 0 Å². The zero-order valence-corrected chi connectivity index (χ0v) is 21.3. The molecule has 2 atom stereocenters. The van der Waals surface area contributed by atoms with E-state index in [1.54, 1.807) is 36.7 Å². The summed E-state index contributed by atoms with van der Waals surface area (Å²) in [6, 6.07) is 11.9. The summed E-state index contributed by atoms with van der Waals surface area (Å²) in [5.41, 5.74) is 7.88. The number of aromatic carboxylic acids is 1. The van der Waals surface area contributed by atoms with Crippen molar-refractivity contribution in [2.45, 2.75) is 38.0 Å². The number of primary amides is 1. The number of hydrogen-bond donors (Lipinski definition) is 3. The van der Waals surface area contributed by atoms with Crippen LogP contribution in [0.5, 0.6) is 0 Å². The molecule has 0 aliphatic carbocycles. The third-order valence-electron chi connectivity index (χ3n) is 6.23. The summed E-state index contributed by atoms with van der Waals surface area (Å²) in [6.07, 6.45) is 3.24. The number of hydrogen-bond acceptors (Lipinski definition) is 3. The lowest BCUT2D eigenvalue weighted by Crippen LogP contribution is -2.28. The standard InChI is InChI=1S/C27H24Cl2FN3O3/c1-27(2,3)19-9-6-14(11-32-19)20(21(25(31)34)13-4-7-15(28)8-5-13)17-12-33-24-16(17)10-18(29)23(30)22(24)26(35)36/h4-12,20-21,33H,1-3H3,(H2,31,34)(H,35,36). The number of carboxylic acid groups (broad SMARTS) is 1. The van der Waals surface area contributed by atoms with Crippen LogP contribution in [0.1, 0.15) is 65.3 Å². The van der Waals surface area contributed by atoms with Gasteiger partial charge in [-0.3, -0.25) is 9.78 Å². The first kappa shape index (κ1) is 25.7. The molecule has 4 aromatic rings. The predicted octanol–water partition coefficient (Wildman–Crippen LogP) is 6.41. The molecule has 4 N–H and O–H groups in total. The summed E-state index contributed by atoms with van der Waals surface area (Å²) < 4.78 is 14.6. The zero-order valence-electron chi connectivity index (χ0n) is 19.8. The van der Waals surface area contributed by atoms with Crippen LogP contribution >= 0.6 is 23.2 Å². The predicted molar refractivity (Wildman–Crippen MR) is 138 cm³/mol. The number of carbonyl (C=O) groups is 2. The van der Waals surface area contributed by atoms with Gasteiger partial charge in [-0.15, -0.1) is 0 Å². The summed E-state index contributed by atoms with van der Waals surface area (Å²) in [5, 5.41) is 10.2. The van der Waals surface area contributed by atoms with E-state index >= 15 is 0 Å². The molecule has 2 heterocycles. The van der Waals surface area contributed by atoms with E-state index in [1.165, 1.54) is 6.07 Å². The van der Waals surface area contributed by atoms with Gasteiger partial charge in [-0.2, -0.15) is 0 Å². The first-order valence-corrected chi connectivity index (χ1v) is 11.9. The number of H-pyrrole nitrogens is 1. The molecule has 0 radical (unpaired) electrons. The molecule has 0 bridgehead atoms. The van der Waals surface area contributed by atoms with Crippen molar-refractivity contribution in [3.8, 4) is 0 Å². The Bertz CT molecular complexity index is 1460. The minimum Gasteiger partial charge on any atom is -0.478 e. The van der Waals surface area contributed by atoms with Crippen molar-refractivity contribution >= 4 is 46.0 Å². The van der Waals surface area contributed by atoms with E-state index in [9.17, 15) is 19.1 Å². The number of nitrogens with zero attached hydrogens (tertiary/aromatic N) is 1. The Morgan fingerprint density at radius 1 is 1.08 bits per heavy atom. The number of aromatic amines is 1. The monoisotopic (exact) mass is 527 g/mol. The van der Waals surface area contributed by atoms with E-state index in [0.29, 0.717) is 27.1 Å². The number of halogens is 3. The number of benzene rings is 2. The molecule has 4 rings (SSSR count). The number of rotatable bonds is 6. The molecule has 6 nitrogen and oxygen atoms in total. The van der Waals surface area contributed by atoms with E-state index in [1.807, 2.05) is 32.9 Å². The van der Waals surface area contributed by atoms with Gasteiger partial charge in [0.05, 0.1) is 16.5 Å². The molecule has 2 aromatic carbocycles. The highest BCUT2D eigenvalue weighted by atomic mass is 35.5. The van der Waals surface area contributed by atoms with Crippen molar-refractivity contribution in [2.75, 3.05) is 0 Å². The van der Waals surface area contributed by atoms with Gasteiger partial charge in [0.15, 0.2) is 5.82 Å². The Balaban J connectivity index is 2.01. The molecule has 0 aliphatic rings. The summed E-state index contributed by atoms with van der Waals surface area (Å²) in [4.78, 5) is 32.3. The number of fused-ring (bicyclic) bond motifs is 1. The minimum atomic E-state index is -1.47. The Kier molecular flexibility index (Phi) is 6.82. The molecule has 0 aliphatic heterocycles. The van der Waals surface area contributed by atoms with Gasteiger partial charge in [-0.05, 0) is 41.0 Å². The number of carboxylic acids is 1. The Labute approximate surface area is 217 Å². The molecular weight excluding hydrogens is 504 g/mol. The minimum absolute atomic E-state index is 0.0583. The topological polar surface area (TPSA) is 109 Å². The Hall–Kier alpha value is -3.42. The van der Waals surface area contributed by atoms with Crippen LogP contribution in [-0.2, 0) is 10.2 Å². The summed E-state index contributed by atoms with van der Waals surface area (Å²) in [7, 11) is 0. The number of aromatic nitrogens is 2. The number of nitrogens with one attached hydrogen (secondary N) is 1. The van der Waals surface area contributed by atoms with Crippen LogP contribution in [0.3, 0.4) is 0 Å². The first-order chi connectivity index (χ1) is 16.9. The molecule has 2 aromatic heterocycles. The van der Waals surface area contributed by atoms with Gasteiger partial charge in [0, 0.05) is 39.8 Å². The molecule has 186 valence electrons. The highest BCUT2D eigenvalue weighted by Gasteiger charge is 2.34. The molecule has 0 saturated carbocycles. The van der Waals surface area contributed by atoms with Gasteiger partial charge in [0.2, 0.25) is 5.91 Å². The number of carbonyl (C=O) groups excluding carboxylic acids is 1. The summed E-state index contributed by atoms with van der Waals surface area (Å²) in [6.45, 7) is 6.11. The van der Waals surface area contributed by atoms with E-state index in [0.717, 1.165) is 5.69 Å². The van der Waals surface area contributed by atoms with Crippen molar-refractivity contribution in [1.82, 2.24) is 9.97 Å². The molecule has 0 saturated heterocycles. The Morgan fingerprint density at radius 2 is 1.72 bits per heavy atom. The molecule has 1 amide bonds. The fourth-order valence-corrected chi connectivity index (χ4v) is 4.79. The van der Waals surface area contributed by atoms with Gasteiger partial charge in [-0.1, -0.05) is 62.2 Å². The quantitative estimate of drug-likeness (QED) is 0.269. The molecule has 0 spiro atoms. The van der Waals surface area contributed by atoms with Crippen molar-refractivity contribution in [1.29, 1.82) is 0 Å². The molecule has 9 heteroatoms. The van der Waals surface area contributed by atoms with Gasteiger partial charge < -0.3 is 15.8 Å². The maximum Gasteiger partial charge on any atom is 0.340 e. The molecule has 2 unspecified atom stereocenters. The van der Waals surface area contributed by atoms with Crippen LogP contribution in [0.2, 0.25) is 10.0 Å². The van der Waals surface area contributed by atoms with Gasteiger partial charge in [0.25, 0.3) is 0 Å². The third kappa shape index (κ3) is 4.68. The maximum atomic E-state index is 14.6. The smallest absolute Gasteiger partial charge is 0.340 e. The summed E-state index contributed by atoms with van der Waals surface area (Å²) in [5.74, 6) is -4.68. The first-order valence-electron chi connectivity index (χ1n) is 11.1. The van der Waals surface area contributed by atoms with Crippen LogP contribution in [0.25, 0.3) is 10.9 Å². The fourth-order valence-electron chi connectivity index (χ4n) is 4.47. The van der Waals surface area contributed by atoms with Crippen LogP contribution in [0.4, 0.5) is 4.39 Å². The van der Waals surface area contributed by atoms with Gasteiger partial charge in [-0.25, -0.2) is 9.18 Å². The second-order valence-electron chi connectivity index (χ2n) is 9.66. The highest BCUT2D eigenvalue weighted by Crippen LogP contribution is 2.43. The van der Waals surface area contributed by atoms with E-state index in [2.05, 4.69) is 9.97 Å². The lowest BCUT2D eigenvalue weighted by atomic mass is 9.76. The lowest BCUT2D eigenvalue weighted by Gasteiger charge is -2.27. The number of amides is 1. The Morgan fingerprint density at radius 3 is 2.25 bits per heavy atom. The van der Waals surface area contributed by atoms with Crippen molar-refractivity contribution in [3.05, 3.63) is 98.7 Å². The molecule has 0 fully saturated rings. The number of pyridine rings is 1. The van der Waals surface area contributed by atoms with Crippen LogP contribution in [0, 0.1) is 5.82 Å². The van der Waals surface area contributed by atoms with E-state index in [4.69, 9.17) is 28.9 Å². The highest BCUT2D eigenvalue weighted by molar-refractivity contribution is 6.32. The van der Waals surface area contributed by atoms with Crippen molar-refractivity contribution < 1.29 is 19.1 Å². The summed E-state index contributed by atoms with van der Waals surface area (Å²) >= 11 is 12.2. The largest absolute Gasteiger partial charge is 0.478 e. The average Bonchev–Trinajstić information content (AvgIpc) is 3.20. The van der Waals surface area contributed by atoms with E-state index < -0.39 is 35.1 Å². The molecular formula is C27H24Cl2FN3O3. The SMILES string of the molecule is CC(C)(C)c1ccc(C(c2c[nH]c3c(C(=O)O)c(F)c(Cl)cc23)C(C(N)=O)c2ccc(Cl)cc2)cn1. The zero-order chi connectivity index (χ0) is 26.4. The van der Waals surface area contributed by atoms with Crippen molar-refractivity contribution in [2.24, 2.45) is 5.73 Å². The average molecular weight is 528 g/mol. The normalized spacial score (nSPS) is 13.5. The van der Waals surface area contributed by atoms with Gasteiger partial charge >= 0.3 is 5.97 Å². The maximum absolute atomic E-state index is 14.6.